The van der Waals surface area contributed by atoms with Crippen molar-refractivity contribution < 1.29 is 43.3 Å². The molecule has 0 spiro atoms. The van der Waals surface area contributed by atoms with Gasteiger partial charge in [-0.3, -0.25) is 24.2 Å². The van der Waals surface area contributed by atoms with Crippen molar-refractivity contribution in [3.8, 4) is 0 Å². The van der Waals surface area contributed by atoms with E-state index in [1.165, 1.54) is 16.7 Å². The molecule has 0 aromatic heterocycles. The van der Waals surface area contributed by atoms with E-state index in [1.54, 1.807) is 0 Å². The molecule has 2 saturated heterocycles. The Morgan fingerprint density at radius 3 is 1.48 bits per heavy atom. The Bertz CT molecular complexity index is 1130. The molecule has 2 fully saturated rings. The second-order valence-corrected chi connectivity index (χ2v) is 9.91. The molecule has 0 bridgehead atoms. The van der Waals surface area contributed by atoms with Gasteiger partial charge in [-0.25, -0.2) is 14.4 Å². The Hall–Kier alpha value is -4.25. The van der Waals surface area contributed by atoms with Gasteiger partial charge in [0.2, 0.25) is 5.78 Å². The Kier molecular flexibility index (Phi) is 14.2. The van der Waals surface area contributed by atoms with Crippen LogP contribution in [-0.2, 0) is 41.9 Å². The van der Waals surface area contributed by atoms with E-state index >= 15 is 0 Å². The van der Waals surface area contributed by atoms with Gasteiger partial charge in [-0.2, -0.15) is 0 Å². The van der Waals surface area contributed by atoms with Crippen LogP contribution in [0.25, 0.3) is 0 Å². The Balaban J connectivity index is 0.000000247. The predicted octanol–water partition coefficient (Wildman–Crippen LogP) is 4.59. The number of Topliss-reactive ketones (excluding diaryl/α,β-unsaturated/α-hetero) is 2. The molecule has 2 aromatic rings. The van der Waals surface area contributed by atoms with Gasteiger partial charge in [0.15, 0.2) is 5.78 Å². The van der Waals surface area contributed by atoms with E-state index in [9.17, 15) is 28.8 Å². The highest BCUT2D eigenvalue weighted by molar-refractivity contribution is 6.80. The summed E-state index contributed by atoms with van der Waals surface area (Å²) in [5, 5.41) is 8.06. The first-order valence-electron chi connectivity index (χ1n) is 13.4. The maximum atomic E-state index is 11.9. The van der Waals surface area contributed by atoms with Crippen molar-refractivity contribution in [1.82, 2.24) is 9.80 Å². The summed E-state index contributed by atoms with van der Waals surface area (Å²) in [5.74, 6) is -1.55. The molecule has 2 aromatic carbocycles. The summed E-state index contributed by atoms with van der Waals surface area (Å²) < 4.78 is 10.3. The number of aliphatic carboxylic acids is 1. The fraction of sp³-hybridized carbons (Fsp3) is 0.400. The number of halogens is 1. The van der Waals surface area contributed by atoms with Crippen LogP contribution in [-0.4, -0.2) is 75.0 Å². The zero-order valence-electron chi connectivity index (χ0n) is 23.6. The average molecular weight is 603 g/mol. The zero-order valence-corrected chi connectivity index (χ0v) is 24.3. The van der Waals surface area contributed by atoms with Crippen molar-refractivity contribution in [2.45, 2.75) is 64.8 Å². The minimum atomic E-state index is -0.968. The lowest BCUT2D eigenvalue weighted by Gasteiger charge is -2.21. The molecule has 12 heteroatoms. The van der Waals surface area contributed by atoms with Crippen LogP contribution < -0.4 is 0 Å². The number of carboxylic acid groups (broad SMARTS) is 1. The number of hydrogen-bond acceptors (Lipinski definition) is 8. The van der Waals surface area contributed by atoms with Crippen LogP contribution in [0.4, 0.5) is 9.59 Å². The highest BCUT2D eigenvalue weighted by Gasteiger charge is 2.35. The van der Waals surface area contributed by atoms with E-state index in [1.807, 2.05) is 60.7 Å². The zero-order chi connectivity index (χ0) is 31.1. The first-order valence-corrected chi connectivity index (χ1v) is 13.8. The second kappa shape index (κ2) is 17.5. The molecule has 2 amide bonds. The fourth-order valence-electron chi connectivity index (χ4n) is 4.25. The number of nitrogens with zero attached hydrogens (tertiary/aromatic N) is 2. The van der Waals surface area contributed by atoms with Gasteiger partial charge >= 0.3 is 18.2 Å². The van der Waals surface area contributed by atoms with E-state index in [0.717, 1.165) is 30.9 Å². The second-order valence-electron chi connectivity index (χ2n) is 9.56. The van der Waals surface area contributed by atoms with Crippen LogP contribution in [0, 0.1) is 0 Å². The van der Waals surface area contributed by atoms with Crippen molar-refractivity contribution in [3.63, 3.8) is 0 Å². The van der Waals surface area contributed by atoms with Gasteiger partial charge in [0.05, 0.1) is 6.04 Å². The van der Waals surface area contributed by atoms with Crippen LogP contribution >= 0.6 is 11.6 Å². The van der Waals surface area contributed by atoms with Crippen LogP contribution in [0.5, 0.6) is 0 Å². The molecule has 2 atom stereocenters. The molecule has 11 nitrogen and oxygen atoms in total. The molecule has 0 radical (unpaired) electrons. The summed E-state index contributed by atoms with van der Waals surface area (Å²) in [6.45, 7) is 4.12. The van der Waals surface area contributed by atoms with Crippen molar-refractivity contribution in [1.29, 1.82) is 0 Å². The lowest BCUT2D eigenvalue weighted by molar-refractivity contribution is -0.141. The monoisotopic (exact) mass is 602 g/mol. The van der Waals surface area contributed by atoms with E-state index in [0.29, 0.717) is 25.9 Å². The maximum absolute atomic E-state index is 11.9. The Labute approximate surface area is 249 Å². The molecule has 4 rings (SSSR count). The summed E-state index contributed by atoms with van der Waals surface area (Å²) >= 11 is 4.62. The lowest BCUT2D eigenvalue weighted by atomic mass is 10.1. The van der Waals surface area contributed by atoms with E-state index in [2.05, 4.69) is 11.6 Å². The van der Waals surface area contributed by atoms with Crippen LogP contribution in [0.15, 0.2) is 60.7 Å². The third kappa shape index (κ3) is 11.3. The molecular weight excluding hydrogens is 568 g/mol. The van der Waals surface area contributed by atoms with Gasteiger partial charge in [-0.1, -0.05) is 60.7 Å². The van der Waals surface area contributed by atoms with Gasteiger partial charge in [0, 0.05) is 20.0 Å². The number of carbonyl (C=O) groups excluding carboxylic acids is 5. The summed E-state index contributed by atoms with van der Waals surface area (Å²) in [6, 6.07) is 17.8. The van der Waals surface area contributed by atoms with E-state index in [-0.39, 0.29) is 25.0 Å². The summed E-state index contributed by atoms with van der Waals surface area (Å²) in [4.78, 5) is 68.0. The van der Waals surface area contributed by atoms with Crippen molar-refractivity contribution in [3.05, 3.63) is 71.8 Å². The standard InChI is InChI=1S/C14H17NO3.C13H15NO4.C3H3ClO2/c1-11(16)13-8-5-9-15(13)14(17)18-10-12-6-3-2-4-7-12;15-12(16)11-7-4-8-14(11)13(17)18-9-10-5-2-1-3-6-10;1-2(5)3(4)6/h2-4,6-7,13H,5,8-10H2,1H3;1-3,5-6,11H,4,7-9H2,(H,15,16);1H3/t13-;11-;/m00./s1. The van der Waals surface area contributed by atoms with Crippen molar-refractivity contribution >= 4 is 46.6 Å². The summed E-state index contributed by atoms with van der Waals surface area (Å²) in [6.07, 6.45) is 1.87. The molecule has 2 heterocycles. The van der Waals surface area contributed by atoms with Gasteiger partial charge < -0.3 is 14.6 Å². The molecule has 0 saturated carbocycles. The molecule has 1 N–H and O–H groups in total. The number of likely N-dealkylation sites (tertiary alicyclic amines) is 2. The molecular formula is C30H35ClN2O9. The van der Waals surface area contributed by atoms with Gasteiger partial charge in [-0.05, 0) is 55.3 Å². The van der Waals surface area contributed by atoms with Crippen LogP contribution in [0.2, 0.25) is 0 Å². The first kappa shape index (κ1) is 34.0. The average Bonchev–Trinajstić information content (AvgIpc) is 3.67. The number of amides is 2. The van der Waals surface area contributed by atoms with Crippen molar-refractivity contribution in [2.75, 3.05) is 13.1 Å². The summed E-state index contributed by atoms with van der Waals surface area (Å²) in [5.41, 5.74) is 1.83. The van der Waals surface area contributed by atoms with Crippen molar-refractivity contribution in [2.24, 2.45) is 0 Å². The van der Waals surface area contributed by atoms with E-state index < -0.39 is 35.2 Å². The number of ketones is 2. The minimum Gasteiger partial charge on any atom is -0.480 e. The van der Waals surface area contributed by atoms with Crippen LogP contribution in [0.1, 0.15) is 50.7 Å². The number of hydrogen-bond donors (Lipinski definition) is 1. The molecule has 42 heavy (non-hydrogen) atoms. The third-order valence-corrected chi connectivity index (χ3v) is 6.68. The minimum absolute atomic E-state index is 0.0316. The van der Waals surface area contributed by atoms with Crippen LogP contribution in [0.3, 0.4) is 0 Å². The largest absolute Gasteiger partial charge is 0.480 e. The SMILES string of the molecule is CC(=O)C(=O)Cl.CC(=O)[C@@H]1CCCN1C(=O)OCc1ccccc1.O=C(O)[C@@H]1CCCN1C(=O)OCc1ccccc1. The third-order valence-electron chi connectivity index (χ3n) is 6.42. The van der Waals surface area contributed by atoms with Gasteiger partial charge in [0.25, 0.3) is 5.24 Å². The topological polar surface area (TPSA) is 148 Å². The first-order chi connectivity index (χ1) is 20.0. The lowest BCUT2D eigenvalue weighted by Crippen LogP contribution is -2.40. The van der Waals surface area contributed by atoms with E-state index in [4.69, 9.17) is 14.6 Å². The molecule has 0 aliphatic carbocycles. The number of ether oxygens (including phenoxy) is 2. The number of rotatable bonds is 7. The Morgan fingerprint density at radius 1 is 0.738 bits per heavy atom. The normalized spacial score (nSPS) is 17.1. The smallest absolute Gasteiger partial charge is 0.410 e. The highest BCUT2D eigenvalue weighted by atomic mass is 35.5. The predicted molar refractivity (Wildman–Crippen MR) is 153 cm³/mol. The maximum Gasteiger partial charge on any atom is 0.410 e. The fourth-order valence-corrected chi connectivity index (χ4v) is 4.25. The number of carbonyl (C=O) groups is 6. The quantitative estimate of drug-likeness (QED) is 0.355. The highest BCUT2D eigenvalue weighted by Crippen LogP contribution is 2.20. The molecule has 226 valence electrons. The summed E-state index contributed by atoms with van der Waals surface area (Å²) in [7, 11) is 0. The number of carboxylic acids is 1. The number of benzene rings is 2. The Morgan fingerprint density at radius 2 is 1.12 bits per heavy atom. The molecule has 0 unspecified atom stereocenters. The molecule has 2 aliphatic heterocycles. The van der Waals surface area contributed by atoms with Gasteiger partial charge in [-0.15, -0.1) is 0 Å². The molecule has 2 aliphatic rings. The van der Waals surface area contributed by atoms with Gasteiger partial charge in [0.1, 0.15) is 19.3 Å².